The van der Waals surface area contributed by atoms with E-state index in [1.54, 1.807) is 12.1 Å². The summed E-state index contributed by atoms with van der Waals surface area (Å²) in [5, 5.41) is 3.74. The maximum atomic E-state index is 11.9. The van der Waals surface area contributed by atoms with Crippen molar-refractivity contribution >= 4 is 46.4 Å². The number of carbonyl (C=O) groups is 1. The molecule has 0 unspecified atom stereocenters. The Hall–Kier alpha value is -1.49. The average molecular weight is 332 g/mol. The fourth-order valence-corrected chi connectivity index (χ4v) is 2.03. The van der Waals surface area contributed by atoms with E-state index >= 15 is 0 Å². The van der Waals surface area contributed by atoms with Crippen molar-refractivity contribution in [2.24, 2.45) is 0 Å². The molecule has 0 aliphatic carbocycles. The summed E-state index contributed by atoms with van der Waals surface area (Å²) in [7, 11) is 0. The molecule has 0 saturated heterocycles. The lowest BCUT2D eigenvalue weighted by molar-refractivity contribution is -0.116. The SMILES string of the molecule is O=C(Cn1cc(Cl)ccc1=O)Nc1ccc(Cl)c(Cl)c1. The predicted octanol–water partition coefficient (Wildman–Crippen LogP) is 3.45. The second-order valence-electron chi connectivity index (χ2n) is 3.99. The highest BCUT2D eigenvalue weighted by Crippen LogP contribution is 2.24. The first-order valence-electron chi connectivity index (χ1n) is 5.56. The molecular formula is C13H9Cl3N2O2. The van der Waals surface area contributed by atoms with E-state index in [9.17, 15) is 9.59 Å². The molecule has 0 fully saturated rings. The number of anilines is 1. The molecule has 2 rings (SSSR count). The molecule has 1 N–H and O–H groups in total. The molecule has 1 amide bonds. The molecule has 0 aliphatic rings. The fraction of sp³-hybridized carbons (Fsp3) is 0.0769. The van der Waals surface area contributed by atoms with Crippen LogP contribution in [0.15, 0.2) is 41.3 Å². The highest BCUT2D eigenvalue weighted by molar-refractivity contribution is 6.42. The molecule has 104 valence electrons. The van der Waals surface area contributed by atoms with E-state index in [4.69, 9.17) is 34.8 Å². The van der Waals surface area contributed by atoms with Crippen molar-refractivity contribution < 1.29 is 4.79 Å². The van der Waals surface area contributed by atoms with Crippen molar-refractivity contribution in [3.63, 3.8) is 0 Å². The Morgan fingerprint density at radius 1 is 1.10 bits per heavy atom. The van der Waals surface area contributed by atoms with Gasteiger partial charge in [-0.05, 0) is 24.3 Å². The smallest absolute Gasteiger partial charge is 0.251 e. The summed E-state index contributed by atoms with van der Waals surface area (Å²) < 4.78 is 1.22. The zero-order chi connectivity index (χ0) is 14.7. The van der Waals surface area contributed by atoms with Gasteiger partial charge in [-0.3, -0.25) is 9.59 Å². The predicted molar refractivity (Wildman–Crippen MR) is 80.8 cm³/mol. The van der Waals surface area contributed by atoms with Crippen LogP contribution in [0.2, 0.25) is 15.1 Å². The quantitative estimate of drug-likeness (QED) is 0.936. The summed E-state index contributed by atoms with van der Waals surface area (Å²) in [6, 6.07) is 7.49. The Labute approximate surface area is 129 Å². The molecule has 20 heavy (non-hydrogen) atoms. The number of halogens is 3. The van der Waals surface area contributed by atoms with Crippen LogP contribution in [0.4, 0.5) is 5.69 Å². The summed E-state index contributed by atoms with van der Waals surface area (Å²) in [5.41, 5.74) is 0.193. The molecular weight excluding hydrogens is 323 g/mol. The second-order valence-corrected chi connectivity index (χ2v) is 5.24. The van der Waals surface area contributed by atoms with E-state index in [-0.39, 0.29) is 18.0 Å². The van der Waals surface area contributed by atoms with Gasteiger partial charge in [0.05, 0.1) is 15.1 Å². The van der Waals surface area contributed by atoms with Crippen LogP contribution in [0.5, 0.6) is 0 Å². The Balaban J connectivity index is 2.11. The number of amides is 1. The summed E-state index contributed by atoms with van der Waals surface area (Å²) in [6.45, 7) is -0.139. The third kappa shape index (κ3) is 3.76. The van der Waals surface area contributed by atoms with Gasteiger partial charge in [-0.15, -0.1) is 0 Å². The maximum absolute atomic E-state index is 11.9. The van der Waals surface area contributed by atoms with E-state index in [0.29, 0.717) is 20.8 Å². The molecule has 7 heteroatoms. The van der Waals surface area contributed by atoms with E-state index in [1.807, 2.05) is 0 Å². The van der Waals surface area contributed by atoms with Gasteiger partial charge >= 0.3 is 0 Å². The average Bonchev–Trinajstić information content (AvgIpc) is 2.38. The van der Waals surface area contributed by atoms with Crippen LogP contribution in [0.3, 0.4) is 0 Å². The van der Waals surface area contributed by atoms with E-state index < -0.39 is 0 Å². The minimum atomic E-state index is -0.368. The van der Waals surface area contributed by atoms with Gasteiger partial charge in [0.15, 0.2) is 0 Å². The van der Waals surface area contributed by atoms with E-state index in [1.165, 1.54) is 29.0 Å². The summed E-state index contributed by atoms with van der Waals surface area (Å²) >= 11 is 17.4. The van der Waals surface area contributed by atoms with E-state index in [0.717, 1.165) is 0 Å². The zero-order valence-corrected chi connectivity index (χ0v) is 12.3. The van der Waals surface area contributed by atoms with Crippen molar-refractivity contribution in [3.8, 4) is 0 Å². The Kier molecular flexibility index (Phi) is 4.70. The lowest BCUT2D eigenvalue weighted by Crippen LogP contribution is -2.26. The van der Waals surface area contributed by atoms with Gasteiger partial charge in [-0.2, -0.15) is 0 Å². The minimum Gasteiger partial charge on any atom is -0.324 e. The highest BCUT2D eigenvalue weighted by Gasteiger charge is 2.07. The van der Waals surface area contributed by atoms with Gasteiger partial charge in [0.1, 0.15) is 6.54 Å². The molecule has 1 heterocycles. The first kappa shape index (κ1) is 14.9. The minimum absolute atomic E-state index is 0.139. The van der Waals surface area contributed by atoms with Crippen molar-refractivity contribution in [3.05, 3.63) is 62.0 Å². The summed E-state index contributed by atoms with van der Waals surface area (Å²) in [6.07, 6.45) is 1.40. The number of nitrogens with zero attached hydrogens (tertiary/aromatic N) is 1. The van der Waals surface area contributed by atoms with Crippen LogP contribution < -0.4 is 10.9 Å². The fourth-order valence-electron chi connectivity index (χ4n) is 1.55. The van der Waals surface area contributed by atoms with Gasteiger partial charge in [0.25, 0.3) is 5.56 Å². The van der Waals surface area contributed by atoms with Crippen LogP contribution >= 0.6 is 34.8 Å². The number of aromatic nitrogens is 1. The zero-order valence-electron chi connectivity index (χ0n) is 10.1. The molecule has 4 nitrogen and oxygen atoms in total. The molecule has 1 aromatic heterocycles. The highest BCUT2D eigenvalue weighted by atomic mass is 35.5. The molecule has 0 bridgehead atoms. The van der Waals surface area contributed by atoms with Crippen LogP contribution in [0.1, 0.15) is 0 Å². The topological polar surface area (TPSA) is 51.1 Å². The van der Waals surface area contributed by atoms with Crippen molar-refractivity contribution in [1.29, 1.82) is 0 Å². The number of pyridine rings is 1. The van der Waals surface area contributed by atoms with Gasteiger partial charge in [-0.1, -0.05) is 34.8 Å². The van der Waals surface area contributed by atoms with Crippen LogP contribution in [0, 0.1) is 0 Å². The number of carbonyl (C=O) groups excluding carboxylic acids is 1. The third-order valence-corrected chi connectivity index (χ3v) is 3.43. The number of benzene rings is 1. The largest absolute Gasteiger partial charge is 0.324 e. The number of hydrogen-bond acceptors (Lipinski definition) is 2. The van der Waals surface area contributed by atoms with Crippen molar-refractivity contribution in [1.82, 2.24) is 4.57 Å². The van der Waals surface area contributed by atoms with Gasteiger partial charge < -0.3 is 9.88 Å². The first-order valence-corrected chi connectivity index (χ1v) is 6.70. The molecule has 0 spiro atoms. The molecule has 0 aliphatic heterocycles. The van der Waals surface area contributed by atoms with Crippen molar-refractivity contribution in [2.45, 2.75) is 6.54 Å². The number of nitrogens with one attached hydrogen (secondary N) is 1. The maximum Gasteiger partial charge on any atom is 0.251 e. The monoisotopic (exact) mass is 330 g/mol. The summed E-state index contributed by atoms with van der Waals surface area (Å²) in [4.78, 5) is 23.4. The lowest BCUT2D eigenvalue weighted by atomic mass is 10.3. The number of rotatable bonds is 3. The van der Waals surface area contributed by atoms with Crippen LogP contribution in [-0.4, -0.2) is 10.5 Å². The van der Waals surface area contributed by atoms with Gasteiger partial charge in [0.2, 0.25) is 5.91 Å². The Bertz CT molecular complexity index is 713. The Morgan fingerprint density at radius 2 is 1.85 bits per heavy atom. The van der Waals surface area contributed by atoms with E-state index in [2.05, 4.69) is 5.32 Å². The van der Waals surface area contributed by atoms with Gasteiger partial charge in [-0.25, -0.2) is 0 Å². The van der Waals surface area contributed by atoms with Crippen LogP contribution in [0.25, 0.3) is 0 Å². The van der Waals surface area contributed by atoms with Crippen molar-refractivity contribution in [2.75, 3.05) is 5.32 Å². The molecule has 1 aromatic carbocycles. The third-order valence-electron chi connectivity index (χ3n) is 2.46. The summed E-state index contributed by atoms with van der Waals surface area (Å²) in [5.74, 6) is -0.368. The molecule has 2 aromatic rings. The molecule has 0 atom stereocenters. The number of hydrogen-bond donors (Lipinski definition) is 1. The lowest BCUT2D eigenvalue weighted by Gasteiger charge is -2.08. The van der Waals surface area contributed by atoms with Crippen LogP contribution in [-0.2, 0) is 11.3 Å². The molecule has 0 saturated carbocycles. The first-order chi connectivity index (χ1) is 9.45. The second kappa shape index (κ2) is 6.31. The molecule has 0 radical (unpaired) electrons. The van der Waals surface area contributed by atoms with Gasteiger partial charge in [0, 0.05) is 18.0 Å². The standard InChI is InChI=1S/C13H9Cl3N2O2/c14-8-1-4-13(20)18(6-8)7-12(19)17-9-2-3-10(15)11(16)5-9/h1-6H,7H2,(H,17,19). The normalized spacial score (nSPS) is 10.3. The Morgan fingerprint density at radius 3 is 2.55 bits per heavy atom.